The predicted molar refractivity (Wildman–Crippen MR) is 258 cm³/mol. The SMILES string of the molecule is Cc1c(-c2cccc(-c3ccc(N(c4ccc(-c5ccccc5-c5ccccc5-c5ccccc5)cc4)c4ccc5c(ccc6ccccc65)c4)cc3)c2)oc2ccccc12. The van der Waals surface area contributed by atoms with E-state index in [9.17, 15) is 0 Å². The van der Waals surface area contributed by atoms with Crippen molar-refractivity contribution in [2.45, 2.75) is 6.92 Å². The van der Waals surface area contributed by atoms with Crippen molar-refractivity contribution in [2.75, 3.05) is 4.90 Å². The van der Waals surface area contributed by atoms with Crippen molar-refractivity contribution in [3.05, 3.63) is 236 Å². The van der Waals surface area contributed by atoms with Crippen molar-refractivity contribution in [1.82, 2.24) is 0 Å². The molecular formula is C59H41NO. The topological polar surface area (TPSA) is 16.4 Å². The van der Waals surface area contributed by atoms with Crippen molar-refractivity contribution < 1.29 is 4.42 Å². The van der Waals surface area contributed by atoms with Gasteiger partial charge in [-0.3, -0.25) is 0 Å². The van der Waals surface area contributed by atoms with Gasteiger partial charge >= 0.3 is 0 Å². The molecule has 0 aliphatic rings. The molecule has 0 fully saturated rings. The quantitative estimate of drug-likeness (QED) is 0.143. The second-order valence-electron chi connectivity index (χ2n) is 15.7. The monoisotopic (exact) mass is 779 g/mol. The van der Waals surface area contributed by atoms with Crippen LogP contribution in [0.2, 0.25) is 0 Å². The Hall–Kier alpha value is -7.94. The lowest BCUT2D eigenvalue weighted by atomic mass is 9.89. The van der Waals surface area contributed by atoms with Gasteiger partial charge in [0.2, 0.25) is 0 Å². The molecule has 2 heteroatoms. The molecule has 0 aliphatic heterocycles. The summed E-state index contributed by atoms with van der Waals surface area (Å²) in [5.41, 5.74) is 15.9. The highest BCUT2D eigenvalue weighted by Gasteiger charge is 2.18. The van der Waals surface area contributed by atoms with Gasteiger partial charge < -0.3 is 9.32 Å². The van der Waals surface area contributed by atoms with Crippen LogP contribution < -0.4 is 4.90 Å². The molecule has 0 saturated heterocycles. The summed E-state index contributed by atoms with van der Waals surface area (Å²) in [6, 6.07) is 83.0. The first kappa shape index (κ1) is 36.2. The van der Waals surface area contributed by atoms with E-state index >= 15 is 0 Å². The number of furan rings is 1. The summed E-state index contributed by atoms with van der Waals surface area (Å²) in [5, 5.41) is 6.12. The van der Waals surface area contributed by atoms with Crippen molar-refractivity contribution in [1.29, 1.82) is 0 Å². The third kappa shape index (κ3) is 6.65. The van der Waals surface area contributed by atoms with Crippen LogP contribution in [0.4, 0.5) is 17.1 Å². The van der Waals surface area contributed by atoms with Gasteiger partial charge in [-0.2, -0.15) is 0 Å². The van der Waals surface area contributed by atoms with E-state index in [0.29, 0.717) is 0 Å². The molecule has 0 amide bonds. The Labute approximate surface area is 356 Å². The van der Waals surface area contributed by atoms with Crippen LogP contribution in [0.15, 0.2) is 235 Å². The molecule has 0 atom stereocenters. The third-order valence-corrected chi connectivity index (χ3v) is 12.1. The van der Waals surface area contributed by atoms with E-state index in [1.54, 1.807) is 0 Å². The van der Waals surface area contributed by atoms with Crippen LogP contribution in [0.3, 0.4) is 0 Å². The Balaban J connectivity index is 0.986. The van der Waals surface area contributed by atoms with Crippen molar-refractivity contribution in [3.63, 3.8) is 0 Å². The molecule has 1 heterocycles. The number of anilines is 3. The predicted octanol–water partition coefficient (Wildman–Crippen LogP) is 16.9. The van der Waals surface area contributed by atoms with Crippen LogP contribution in [0, 0.1) is 6.92 Å². The minimum absolute atomic E-state index is 0.914. The van der Waals surface area contributed by atoms with E-state index < -0.39 is 0 Å². The molecule has 0 bridgehead atoms. The first-order valence-electron chi connectivity index (χ1n) is 20.9. The maximum Gasteiger partial charge on any atom is 0.138 e. The minimum atomic E-state index is 0.914. The summed E-state index contributed by atoms with van der Waals surface area (Å²) >= 11 is 0. The van der Waals surface area contributed by atoms with Gasteiger partial charge in [0.05, 0.1) is 0 Å². The molecule has 0 N–H and O–H groups in total. The number of aryl methyl sites for hydroxylation is 1. The molecule has 11 rings (SSSR count). The van der Waals surface area contributed by atoms with E-state index in [2.05, 4.69) is 230 Å². The summed E-state index contributed by atoms with van der Waals surface area (Å²) in [6.45, 7) is 2.14. The normalized spacial score (nSPS) is 11.4. The average Bonchev–Trinajstić information content (AvgIpc) is 3.68. The van der Waals surface area contributed by atoms with Crippen LogP contribution in [0.25, 0.3) is 88.3 Å². The zero-order valence-electron chi connectivity index (χ0n) is 33.8. The summed E-state index contributed by atoms with van der Waals surface area (Å²) in [4.78, 5) is 2.37. The Bertz CT molecular complexity index is 3360. The number of benzene rings is 10. The summed E-state index contributed by atoms with van der Waals surface area (Å²) in [5.74, 6) is 0.918. The van der Waals surface area contributed by atoms with Crippen molar-refractivity contribution >= 4 is 49.6 Å². The maximum absolute atomic E-state index is 6.36. The minimum Gasteiger partial charge on any atom is -0.456 e. The lowest BCUT2D eigenvalue weighted by Gasteiger charge is -2.26. The van der Waals surface area contributed by atoms with Crippen molar-refractivity contribution in [3.8, 4) is 55.8 Å². The van der Waals surface area contributed by atoms with Crippen LogP contribution in [0.5, 0.6) is 0 Å². The van der Waals surface area contributed by atoms with Gasteiger partial charge in [0.25, 0.3) is 0 Å². The van der Waals surface area contributed by atoms with Gasteiger partial charge in [-0.25, -0.2) is 0 Å². The molecule has 0 radical (unpaired) electrons. The molecular weight excluding hydrogens is 739 g/mol. The number of hydrogen-bond donors (Lipinski definition) is 0. The second kappa shape index (κ2) is 15.3. The van der Waals surface area contributed by atoms with Crippen LogP contribution >= 0.6 is 0 Å². The average molecular weight is 780 g/mol. The Morgan fingerprint density at radius 3 is 1.52 bits per heavy atom. The lowest BCUT2D eigenvalue weighted by Crippen LogP contribution is -2.09. The summed E-state index contributed by atoms with van der Waals surface area (Å²) < 4.78 is 6.36. The molecule has 11 aromatic rings. The number of rotatable bonds is 8. The lowest BCUT2D eigenvalue weighted by molar-refractivity contribution is 0.629. The fraction of sp³-hybridized carbons (Fsp3) is 0.0169. The zero-order valence-corrected chi connectivity index (χ0v) is 33.8. The fourth-order valence-electron chi connectivity index (χ4n) is 9.03. The third-order valence-electron chi connectivity index (χ3n) is 12.1. The first-order chi connectivity index (χ1) is 30.2. The van der Waals surface area contributed by atoms with Crippen LogP contribution in [0.1, 0.15) is 5.56 Å². The largest absolute Gasteiger partial charge is 0.456 e. The molecule has 0 spiro atoms. The molecule has 0 saturated carbocycles. The highest BCUT2D eigenvalue weighted by molar-refractivity contribution is 6.08. The van der Waals surface area contributed by atoms with Crippen LogP contribution in [-0.2, 0) is 0 Å². The van der Waals surface area contributed by atoms with E-state index in [4.69, 9.17) is 4.42 Å². The van der Waals surface area contributed by atoms with Crippen LogP contribution in [-0.4, -0.2) is 0 Å². The van der Waals surface area contributed by atoms with E-state index in [-0.39, 0.29) is 0 Å². The number of fused-ring (bicyclic) bond motifs is 4. The zero-order chi connectivity index (χ0) is 40.7. The number of hydrogen-bond acceptors (Lipinski definition) is 2. The molecule has 288 valence electrons. The van der Waals surface area contributed by atoms with E-state index in [1.807, 2.05) is 12.1 Å². The van der Waals surface area contributed by atoms with Gasteiger partial charge in [-0.05, 0) is 122 Å². The molecule has 2 nitrogen and oxygen atoms in total. The first-order valence-corrected chi connectivity index (χ1v) is 20.9. The molecule has 0 aliphatic carbocycles. The Morgan fingerprint density at radius 1 is 0.311 bits per heavy atom. The van der Waals surface area contributed by atoms with Crippen molar-refractivity contribution in [2.24, 2.45) is 0 Å². The maximum atomic E-state index is 6.36. The summed E-state index contributed by atoms with van der Waals surface area (Å²) in [6.07, 6.45) is 0. The smallest absolute Gasteiger partial charge is 0.138 e. The molecule has 10 aromatic carbocycles. The Morgan fingerprint density at radius 2 is 0.820 bits per heavy atom. The van der Waals surface area contributed by atoms with E-state index in [1.165, 1.54) is 54.9 Å². The van der Waals surface area contributed by atoms with E-state index in [0.717, 1.165) is 56.0 Å². The molecule has 1 aromatic heterocycles. The highest BCUT2D eigenvalue weighted by Crippen LogP contribution is 2.42. The fourth-order valence-corrected chi connectivity index (χ4v) is 9.03. The second-order valence-corrected chi connectivity index (χ2v) is 15.7. The number of nitrogens with zero attached hydrogens (tertiary/aromatic N) is 1. The van der Waals surface area contributed by atoms with Gasteiger partial charge in [-0.1, -0.05) is 182 Å². The van der Waals surface area contributed by atoms with Gasteiger partial charge in [0.1, 0.15) is 11.3 Å². The summed E-state index contributed by atoms with van der Waals surface area (Å²) in [7, 11) is 0. The molecule has 61 heavy (non-hydrogen) atoms. The Kier molecular flexibility index (Phi) is 9.09. The van der Waals surface area contributed by atoms with Gasteiger partial charge in [-0.15, -0.1) is 0 Å². The number of para-hydroxylation sites is 1. The molecule has 0 unspecified atom stereocenters. The van der Waals surface area contributed by atoms with Gasteiger partial charge in [0.15, 0.2) is 0 Å². The van der Waals surface area contributed by atoms with Gasteiger partial charge in [0, 0.05) is 33.6 Å². The highest BCUT2D eigenvalue weighted by atomic mass is 16.3. The standard InChI is InChI=1S/C59H41NO/c1-40-51-19-11-12-25-58(51)61-59(40)47-18-13-17-45(38-47)41-28-32-48(33-29-41)60(50-36-37-55-46(39-50)27-26-43-16-5-6-20-52(43)55)49-34-30-44(31-35-49)54-22-8-10-24-57(54)56-23-9-7-21-53(56)42-14-3-2-4-15-42/h2-39H,1H3.